The lowest BCUT2D eigenvalue weighted by atomic mass is 9.79. The molecule has 0 spiro atoms. The minimum atomic E-state index is -0.467. The molecule has 0 atom stereocenters. The number of aromatic nitrogens is 2. The monoisotopic (exact) mass is 391 g/mol. The first-order valence-corrected chi connectivity index (χ1v) is 10.2. The Balaban J connectivity index is 1.64. The summed E-state index contributed by atoms with van der Waals surface area (Å²) in [5.41, 5.74) is 0.696. The molecule has 156 valence electrons. The van der Waals surface area contributed by atoms with Crippen LogP contribution in [0.4, 0.5) is 4.79 Å². The maximum atomic E-state index is 12.3. The van der Waals surface area contributed by atoms with Crippen molar-refractivity contribution in [1.82, 2.24) is 14.7 Å². The summed E-state index contributed by atoms with van der Waals surface area (Å²) >= 11 is 0. The van der Waals surface area contributed by atoms with E-state index in [0.29, 0.717) is 13.1 Å². The Morgan fingerprint density at radius 1 is 1.18 bits per heavy atom. The number of carbonyl (C=O) groups excluding carboxylic acids is 1. The molecule has 1 amide bonds. The van der Waals surface area contributed by atoms with Gasteiger partial charge in [0.1, 0.15) is 5.60 Å². The van der Waals surface area contributed by atoms with Crippen LogP contribution in [0.15, 0.2) is 6.20 Å². The molecule has 0 saturated carbocycles. The Kier molecular flexibility index (Phi) is 5.34. The second-order valence-corrected chi connectivity index (χ2v) is 9.94. The van der Waals surface area contributed by atoms with Crippen molar-refractivity contribution in [2.24, 2.45) is 0 Å². The summed E-state index contributed by atoms with van der Waals surface area (Å²) in [6.45, 7) is 17.2. The Labute approximate surface area is 168 Å². The van der Waals surface area contributed by atoms with E-state index in [2.05, 4.69) is 27.7 Å². The predicted octanol–water partition coefficient (Wildman–Crippen LogP) is 3.06. The van der Waals surface area contributed by atoms with Crippen LogP contribution in [0.3, 0.4) is 0 Å². The Hall–Kier alpha value is -1.54. The topological polar surface area (TPSA) is 65.8 Å². The van der Waals surface area contributed by atoms with Crippen molar-refractivity contribution >= 4 is 18.7 Å². The standard InChI is InChI=1S/C20H34BN3O4/c1-14-16(21-27-19(5,6)20(7,8)28-21)13-24(22-14)15-9-11-23(12-10-15)17(25)26-18(2,3)4/h13,15H,9-12H2,1-8H3. The molecule has 0 unspecified atom stereocenters. The van der Waals surface area contributed by atoms with Crippen molar-refractivity contribution < 1.29 is 18.8 Å². The van der Waals surface area contributed by atoms with E-state index in [-0.39, 0.29) is 23.3 Å². The van der Waals surface area contributed by atoms with Crippen molar-refractivity contribution in [1.29, 1.82) is 0 Å². The predicted molar refractivity (Wildman–Crippen MR) is 109 cm³/mol. The van der Waals surface area contributed by atoms with E-state index < -0.39 is 12.7 Å². The van der Waals surface area contributed by atoms with Crippen LogP contribution in [-0.4, -0.2) is 57.8 Å². The summed E-state index contributed by atoms with van der Waals surface area (Å²) in [5.74, 6) is 0. The van der Waals surface area contributed by atoms with Crippen LogP contribution in [0.5, 0.6) is 0 Å². The molecule has 0 N–H and O–H groups in total. The van der Waals surface area contributed by atoms with Crippen molar-refractivity contribution in [2.75, 3.05) is 13.1 Å². The first-order valence-electron chi connectivity index (χ1n) is 10.2. The molecular formula is C20H34BN3O4. The van der Waals surface area contributed by atoms with Gasteiger partial charge in [0, 0.05) is 24.7 Å². The normalized spacial score (nSPS) is 22.6. The molecule has 3 rings (SSSR count). The van der Waals surface area contributed by atoms with E-state index in [1.807, 2.05) is 38.6 Å². The van der Waals surface area contributed by atoms with Crippen molar-refractivity contribution in [2.45, 2.75) is 91.1 Å². The van der Waals surface area contributed by atoms with Crippen molar-refractivity contribution in [3.8, 4) is 0 Å². The molecule has 28 heavy (non-hydrogen) atoms. The molecule has 1 aromatic rings. The highest BCUT2D eigenvalue weighted by molar-refractivity contribution is 6.62. The number of hydrogen-bond donors (Lipinski definition) is 0. The van der Waals surface area contributed by atoms with Crippen LogP contribution in [0, 0.1) is 6.92 Å². The van der Waals surface area contributed by atoms with Gasteiger partial charge in [-0.05, 0) is 68.2 Å². The van der Waals surface area contributed by atoms with Crippen molar-refractivity contribution in [3.63, 3.8) is 0 Å². The van der Waals surface area contributed by atoms with E-state index in [0.717, 1.165) is 24.0 Å². The van der Waals surface area contributed by atoms with Gasteiger partial charge in [-0.1, -0.05) is 0 Å². The molecule has 0 radical (unpaired) electrons. The van der Waals surface area contributed by atoms with Gasteiger partial charge in [0.2, 0.25) is 0 Å². The number of likely N-dealkylation sites (tertiary alicyclic amines) is 1. The van der Waals surface area contributed by atoms with E-state index in [1.165, 1.54) is 0 Å². The molecule has 8 heteroatoms. The van der Waals surface area contributed by atoms with Gasteiger partial charge in [-0.15, -0.1) is 0 Å². The van der Waals surface area contributed by atoms with Gasteiger partial charge in [-0.3, -0.25) is 4.68 Å². The van der Waals surface area contributed by atoms with Crippen molar-refractivity contribution in [3.05, 3.63) is 11.9 Å². The third-order valence-electron chi connectivity index (χ3n) is 5.95. The van der Waals surface area contributed by atoms with Crippen LogP contribution in [-0.2, 0) is 14.0 Å². The van der Waals surface area contributed by atoms with E-state index in [1.54, 1.807) is 4.90 Å². The summed E-state index contributed by atoms with van der Waals surface area (Å²) in [5, 5.41) is 4.73. The highest BCUT2D eigenvalue weighted by Gasteiger charge is 2.52. The third kappa shape index (κ3) is 4.22. The molecule has 2 saturated heterocycles. The lowest BCUT2D eigenvalue weighted by Crippen LogP contribution is -2.42. The maximum absolute atomic E-state index is 12.3. The zero-order chi connectivity index (χ0) is 20.9. The SMILES string of the molecule is Cc1nn(C2CCN(C(=O)OC(C)(C)C)CC2)cc1B1OC(C)(C)C(C)(C)O1. The summed E-state index contributed by atoms with van der Waals surface area (Å²) in [4.78, 5) is 14.0. The average Bonchev–Trinajstić information content (AvgIpc) is 3.03. The number of aryl methyl sites for hydroxylation is 1. The fraction of sp³-hybridized carbons (Fsp3) is 0.800. The molecule has 0 aliphatic carbocycles. The quantitative estimate of drug-likeness (QED) is 0.725. The Morgan fingerprint density at radius 2 is 1.71 bits per heavy atom. The summed E-state index contributed by atoms with van der Waals surface area (Å²) in [6, 6.07) is 0.258. The third-order valence-corrected chi connectivity index (χ3v) is 5.95. The average molecular weight is 391 g/mol. The minimum absolute atomic E-state index is 0.236. The largest absolute Gasteiger partial charge is 0.498 e. The van der Waals surface area contributed by atoms with Crippen LogP contribution in [0.1, 0.15) is 73.0 Å². The lowest BCUT2D eigenvalue weighted by Gasteiger charge is -2.33. The van der Waals surface area contributed by atoms with Crippen LogP contribution < -0.4 is 5.46 Å². The van der Waals surface area contributed by atoms with Gasteiger partial charge in [0.15, 0.2) is 0 Å². The second-order valence-electron chi connectivity index (χ2n) is 9.94. The Bertz CT molecular complexity index is 714. The number of hydrogen-bond acceptors (Lipinski definition) is 5. The highest BCUT2D eigenvalue weighted by atomic mass is 16.7. The van der Waals surface area contributed by atoms with Gasteiger partial charge in [0.05, 0.1) is 22.9 Å². The van der Waals surface area contributed by atoms with Gasteiger partial charge >= 0.3 is 13.2 Å². The van der Waals surface area contributed by atoms with Crippen LogP contribution in [0.25, 0.3) is 0 Å². The zero-order valence-electron chi connectivity index (χ0n) is 18.5. The van der Waals surface area contributed by atoms with E-state index in [9.17, 15) is 4.79 Å². The fourth-order valence-electron chi connectivity index (χ4n) is 3.52. The number of rotatable bonds is 2. The number of ether oxygens (including phenoxy) is 1. The highest BCUT2D eigenvalue weighted by Crippen LogP contribution is 2.36. The molecule has 2 aliphatic rings. The fourth-order valence-corrected chi connectivity index (χ4v) is 3.52. The first-order chi connectivity index (χ1) is 12.8. The van der Waals surface area contributed by atoms with Gasteiger partial charge in [-0.25, -0.2) is 4.79 Å². The number of nitrogens with zero attached hydrogens (tertiary/aromatic N) is 3. The first kappa shape index (κ1) is 21.2. The zero-order valence-corrected chi connectivity index (χ0v) is 18.5. The second kappa shape index (κ2) is 7.06. The van der Waals surface area contributed by atoms with E-state index in [4.69, 9.17) is 19.1 Å². The maximum Gasteiger partial charge on any atom is 0.498 e. The van der Waals surface area contributed by atoms with E-state index >= 15 is 0 Å². The smallest absolute Gasteiger partial charge is 0.444 e. The minimum Gasteiger partial charge on any atom is -0.444 e. The summed E-state index contributed by atoms with van der Waals surface area (Å²) in [7, 11) is -0.402. The lowest BCUT2D eigenvalue weighted by molar-refractivity contribution is 0.00578. The van der Waals surface area contributed by atoms with Gasteiger partial charge in [-0.2, -0.15) is 5.10 Å². The molecule has 0 aromatic carbocycles. The molecule has 2 fully saturated rings. The van der Waals surface area contributed by atoms with Gasteiger partial charge in [0.25, 0.3) is 0 Å². The number of carbonyl (C=O) groups is 1. The molecule has 1 aromatic heterocycles. The number of amides is 1. The Morgan fingerprint density at radius 3 is 2.21 bits per heavy atom. The van der Waals surface area contributed by atoms with Crippen LogP contribution in [0.2, 0.25) is 0 Å². The van der Waals surface area contributed by atoms with Crippen LogP contribution >= 0.6 is 0 Å². The summed E-state index contributed by atoms with van der Waals surface area (Å²) in [6.07, 6.45) is 3.51. The summed E-state index contributed by atoms with van der Waals surface area (Å²) < 4.78 is 19.9. The van der Waals surface area contributed by atoms with Gasteiger partial charge < -0.3 is 18.9 Å². The molecule has 0 bridgehead atoms. The molecule has 7 nitrogen and oxygen atoms in total. The molecular weight excluding hydrogens is 357 g/mol. The number of piperidine rings is 1. The molecule has 3 heterocycles. The molecule has 2 aliphatic heterocycles.